The van der Waals surface area contributed by atoms with Crippen molar-refractivity contribution in [3.63, 3.8) is 0 Å². The highest BCUT2D eigenvalue weighted by Gasteiger charge is 2.13. The number of hydrogen-bond acceptors (Lipinski definition) is 4. The fraction of sp³-hybridized carbons (Fsp3) is 0.647. The smallest absolute Gasteiger partial charge is 0.122 e. The summed E-state index contributed by atoms with van der Waals surface area (Å²) >= 11 is 0. The van der Waals surface area contributed by atoms with Crippen LogP contribution >= 0.6 is 0 Å². The van der Waals surface area contributed by atoms with E-state index >= 15 is 0 Å². The van der Waals surface area contributed by atoms with Gasteiger partial charge in [-0.05, 0) is 30.7 Å². The zero-order valence-corrected chi connectivity index (χ0v) is 13.1. The first kappa shape index (κ1) is 14.8. The summed E-state index contributed by atoms with van der Waals surface area (Å²) in [5, 5.41) is 3.40. The Morgan fingerprint density at radius 3 is 2.95 bits per heavy atom. The number of piperazine rings is 1. The predicted molar refractivity (Wildman–Crippen MR) is 86.2 cm³/mol. The van der Waals surface area contributed by atoms with Gasteiger partial charge in [0, 0.05) is 52.2 Å². The summed E-state index contributed by atoms with van der Waals surface area (Å²) in [5.74, 6) is 1.09. The van der Waals surface area contributed by atoms with Crippen LogP contribution in [0.25, 0.3) is 0 Å². The lowest BCUT2D eigenvalue weighted by atomic mass is 10.1. The number of hydrogen-bond donors (Lipinski definition) is 1. The summed E-state index contributed by atoms with van der Waals surface area (Å²) in [7, 11) is 2.23. The predicted octanol–water partition coefficient (Wildman–Crippen LogP) is 1.00. The van der Waals surface area contributed by atoms with Crippen molar-refractivity contribution in [3.05, 3.63) is 29.3 Å². The SMILES string of the molecule is CN(CCc1ccc2c(c1)CCO2)CCN1CCNCC1. The van der Waals surface area contributed by atoms with E-state index in [2.05, 4.69) is 40.4 Å². The Morgan fingerprint density at radius 2 is 2.10 bits per heavy atom. The molecule has 2 heterocycles. The van der Waals surface area contributed by atoms with Crippen LogP contribution in [0.3, 0.4) is 0 Å². The van der Waals surface area contributed by atoms with Crippen LogP contribution < -0.4 is 10.1 Å². The second-order valence-corrected chi connectivity index (χ2v) is 6.19. The minimum absolute atomic E-state index is 0.851. The molecule has 0 unspecified atom stereocenters. The van der Waals surface area contributed by atoms with Crippen molar-refractivity contribution in [1.82, 2.24) is 15.1 Å². The van der Waals surface area contributed by atoms with E-state index < -0.39 is 0 Å². The number of nitrogens with one attached hydrogen (secondary N) is 1. The van der Waals surface area contributed by atoms with E-state index in [9.17, 15) is 0 Å². The Morgan fingerprint density at radius 1 is 1.24 bits per heavy atom. The molecule has 4 heteroatoms. The molecule has 4 nitrogen and oxygen atoms in total. The zero-order chi connectivity index (χ0) is 14.5. The number of benzene rings is 1. The van der Waals surface area contributed by atoms with Crippen molar-refractivity contribution in [2.24, 2.45) is 0 Å². The third kappa shape index (κ3) is 4.19. The fourth-order valence-electron chi connectivity index (χ4n) is 3.07. The van der Waals surface area contributed by atoms with Crippen LogP contribution in [0.5, 0.6) is 5.75 Å². The minimum Gasteiger partial charge on any atom is -0.493 e. The largest absolute Gasteiger partial charge is 0.493 e. The average Bonchev–Trinajstić information content (AvgIpc) is 2.99. The minimum atomic E-state index is 0.851. The number of rotatable bonds is 6. The highest BCUT2D eigenvalue weighted by atomic mass is 16.5. The molecule has 3 rings (SSSR count). The Bertz CT molecular complexity index is 457. The number of ether oxygens (including phenoxy) is 1. The molecule has 0 atom stereocenters. The topological polar surface area (TPSA) is 27.7 Å². The quantitative estimate of drug-likeness (QED) is 0.845. The molecule has 0 radical (unpaired) electrons. The molecule has 1 aromatic rings. The first-order chi connectivity index (χ1) is 10.3. The van der Waals surface area contributed by atoms with Crippen LogP contribution in [0, 0.1) is 0 Å². The number of nitrogens with zero attached hydrogens (tertiary/aromatic N) is 2. The first-order valence-electron chi connectivity index (χ1n) is 8.17. The summed E-state index contributed by atoms with van der Waals surface area (Å²) in [6.07, 6.45) is 2.20. The van der Waals surface area contributed by atoms with Gasteiger partial charge in [0.15, 0.2) is 0 Å². The molecule has 0 aromatic heterocycles. The highest BCUT2D eigenvalue weighted by molar-refractivity contribution is 5.39. The second-order valence-electron chi connectivity index (χ2n) is 6.19. The molecule has 116 valence electrons. The summed E-state index contributed by atoms with van der Waals surface area (Å²) in [6, 6.07) is 6.68. The third-order valence-electron chi connectivity index (χ3n) is 4.54. The lowest BCUT2D eigenvalue weighted by Gasteiger charge is -2.29. The fourth-order valence-corrected chi connectivity index (χ4v) is 3.07. The average molecular weight is 289 g/mol. The van der Waals surface area contributed by atoms with Crippen molar-refractivity contribution in [2.45, 2.75) is 12.8 Å². The maximum atomic E-state index is 5.56. The van der Waals surface area contributed by atoms with E-state index in [-0.39, 0.29) is 0 Å². The van der Waals surface area contributed by atoms with Crippen LogP contribution in [-0.2, 0) is 12.8 Å². The van der Waals surface area contributed by atoms with Crippen molar-refractivity contribution >= 4 is 0 Å². The maximum Gasteiger partial charge on any atom is 0.122 e. The molecular weight excluding hydrogens is 262 g/mol. The molecule has 1 fully saturated rings. The molecule has 0 amide bonds. The molecule has 0 spiro atoms. The van der Waals surface area contributed by atoms with Gasteiger partial charge in [0.1, 0.15) is 5.75 Å². The summed E-state index contributed by atoms with van der Waals surface area (Å²) in [4.78, 5) is 5.01. The molecule has 2 aliphatic rings. The molecule has 2 aliphatic heterocycles. The van der Waals surface area contributed by atoms with E-state index in [1.807, 2.05) is 0 Å². The van der Waals surface area contributed by atoms with Crippen LogP contribution in [0.2, 0.25) is 0 Å². The highest BCUT2D eigenvalue weighted by Crippen LogP contribution is 2.25. The van der Waals surface area contributed by atoms with Gasteiger partial charge >= 0.3 is 0 Å². The van der Waals surface area contributed by atoms with Gasteiger partial charge in [-0.1, -0.05) is 12.1 Å². The van der Waals surface area contributed by atoms with Crippen LogP contribution in [0.1, 0.15) is 11.1 Å². The monoisotopic (exact) mass is 289 g/mol. The van der Waals surface area contributed by atoms with E-state index in [4.69, 9.17) is 4.74 Å². The van der Waals surface area contributed by atoms with Gasteiger partial charge in [0.05, 0.1) is 6.61 Å². The molecule has 0 saturated carbocycles. The number of fused-ring (bicyclic) bond motifs is 1. The van der Waals surface area contributed by atoms with Crippen molar-refractivity contribution < 1.29 is 4.74 Å². The van der Waals surface area contributed by atoms with E-state index in [1.54, 1.807) is 0 Å². The summed E-state index contributed by atoms with van der Waals surface area (Å²) < 4.78 is 5.56. The molecular formula is C17H27N3O. The van der Waals surface area contributed by atoms with E-state index in [0.29, 0.717) is 0 Å². The maximum absolute atomic E-state index is 5.56. The number of likely N-dealkylation sites (N-methyl/N-ethyl adjacent to an activating group) is 1. The van der Waals surface area contributed by atoms with Crippen LogP contribution in [0.15, 0.2) is 18.2 Å². The van der Waals surface area contributed by atoms with Crippen LogP contribution in [-0.4, -0.2) is 69.3 Å². The lowest BCUT2D eigenvalue weighted by molar-refractivity contribution is 0.206. The van der Waals surface area contributed by atoms with Gasteiger partial charge in [0.25, 0.3) is 0 Å². The van der Waals surface area contributed by atoms with Gasteiger partial charge in [-0.3, -0.25) is 4.90 Å². The van der Waals surface area contributed by atoms with Gasteiger partial charge in [0.2, 0.25) is 0 Å². The molecule has 1 N–H and O–H groups in total. The summed E-state index contributed by atoms with van der Waals surface area (Å²) in [6.45, 7) is 9.00. The normalized spacial score (nSPS) is 18.8. The zero-order valence-electron chi connectivity index (χ0n) is 13.1. The Balaban J connectivity index is 1.40. The first-order valence-corrected chi connectivity index (χ1v) is 8.17. The molecule has 21 heavy (non-hydrogen) atoms. The van der Waals surface area contributed by atoms with Crippen LogP contribution in [0.4, 0.5) is 0 Å². The third-order valence-corrected chi connectivity index (χ3v) is 4.54. The second kappa shape index (κ2) is 7.25. The van der Waals surface area contributed by atoms with Crippen molar-refractivity contribution in [3.8, 4) is 5.75 Å². The molecule has 0 bridgehead atoms. The summed E-state index contributed by atoms with van der Waals surface area (Å²) in [5.41, 5.74) is 2.82. The molecule has 0 aliphatic carbocycles. The Kier molecular flexibility index (Phi) is 5.12. The van der Waals surface area contributed by atoms with E-state index in [1.165, 1.54) is 30.8 Å². The van der Waals surface area contributed by atoms with Gasteiger partial charge in [-0.2, -0.15) is 0 Å². The lowest BCUT2D eigenvalue weighted by Crippen LogP contribution is -2.46. The van der Waals surface area contributed by atoms with Crippen molar-refractivity contribution in [1.29, 1.82) is 0 Å². The molecule has 1 aromatic carbocycles. The Hall–Kier alpha value is -1.10. The standard InChI is InChI=1S/C17H27N3O/c1-19(11-12-20-9-6-18-7-10-20)8-4-15-2-3-17-16(14-15)5-13-21-17/h2-3,14,18H,4-13H2,1H3. The van der Waals surface area contributed by atoms with Gasteiger partial charge in [-0.15, -0.1) is 0 Å². The molecule has 1 saturated heterocycles. The van der Waals surface area contributed by atoms with E-state index in [0.717, 1.165) is 51.4 Å². The van der Waals surface area contributed by atoms with Gasteiger partial charge < -0.3 is 15.0 Å². The Labute approximate surface area is 128 Å². The van der Waals surface area contributed by atoms with Gasteiger partial charge in [-0.25, -0.2) is 0 Å². The van der Waals surface area contributed by atoms with Crippen molar-refractivity contribution in [2.75, 3.05) is 59.5 Å².